The molecule has 0 radical (unpaired) electrons. The van der Waals surface area contributed by atoms with E-state index >= 15 is 0 Å². The van der Waals surface area contributed by atoms with E-state index in [1.807, 2.05) is 6.92 Å². The fourth-order valence-corrected chi connectivity index (χ4v) is 1.76. The largest absolute Gasteiger partial charge is 0.294 e. The van der Waals surface area contributed by atoms with Gasteiger partial charge in [-0.15, -0.1) is 0 Å². The second-order valence-corrected chi connectivity index (χ2v) is 4.29. The Morgan fingerprint density at radius 3 is 2.53 bits per heavy atom. The summed E-state index contributed by atoms with van der Waals surface area (Å²) in [5, 5.41) is 0.525. The molecule has 4 heteroatoms. The Morgan fingerprint density at radius 1 is 1.40 bits per heavy atom. The van der Waals surface area contributed by atoms with Crippen molar-refractivity contribution in [3.63, 3.8) is 0 Å². The fraction of sp³-hybridized carbons (Fsp3) is 0.636. The van der Waals surface area contributed by atoms with Gasteiger partial charge in [-0.05, 0) is 33.4 Å². The quantitative estimate of drug-likeness (QED) is 0.741. The van der Waals surface area contributed by atoms with Crippen LogP contribution in [-0.4, -0.2) is 27.5 Å². The molecule has 0 aliphatic heterocycles. The molecule has 84 valence electrons. The molecule has 0 unspecified atom stereocenters. The monoisotopic (exact) mass is 227 g/mol. The van der Waals surface area contributed by atoms with Crippen molar-refractivity contribution in [1.29, 1.82) is 0 Å². The lowest BCUT2D eigenvalue weighted by molar-refractivity contribution is 0.219. The smallest absolute Gasteiger partial charge is 0.144 e. The van der Waals surface area contributed by atoms with Crippen LogP contribution in [0.15, 0.2) is 6.07 Å². The third kappa shape index (κ3) is 3.76. The minimum atomic E-state index is 0.498. The molecule has 1 aromatic rings. The molecule has 0 fully saturated rings. The van der Waals surface area contributed by atoms with E-state index in [4.69, 9.17) is 11.6 Å². The summed E-state index contributed by atoms with van der Waals surface area (Å²) in [7, 11) is 0. The van der Waals surface area contributed by atoms with Crippen LogP contribution in [0.3, 0.4) is 0 Å². The van der Waals surface area contributed by atoms with Crippen LogP contribution in [0.5, 0.6) is 0 Å². The minimum absolute atomic E-state index is 0.498. The highest BCUT2D eigenvalue weighted by Crippen LogP contribution is 2.09. The fourth-order valence-electron chi connectivity index (χ4n) is 1.50. The Hall–Kier alpha value is -0.670. The second kappa shape index (κ2) is 5.42. The van der Waals surface area contributed by atoms with Crippen LogP contribution < -0.4 is 0 Å². The van der Waals surface area contributed by atoms with Crippen LogP contribution >= 0.6 is 11.6 Å². The molecule has 0 N–H and O–H groups in total. The summed E-state index contributed by atoms with van der Waals surface area (Å²) in [4.78, 5) is 10.9. The second-order valence-electron chi connectivity index (χ2n) is 3.91. The zero-order valence-electron chi connectivity index (χ0n) is 9.79. The highest BCUT2D eigenvalue weighted by molar-refractivity contribution is 6.29. The van der Waals surface area contributed by atoms with E-state index in [9.17, 15) is 0 Å². The maximum Gasteiger partial charge on any atom is 0.144 e. The first-order chi connectivity index (χ1) is 7.02. The minimum Gasteiger partial charge on any atom is -0.294 e. The molecular weight excluding hydrogens is 210 g/mol. The summed E-state index contributed by atoms with van der Waals surface area (Å²) in [6.45, 7) is 10.2. The normalized spacial score (nSPS) is 11.4. The molecule has 0 spiro atoms. The lowest BCUT2D eigenvalue weighted by Crippen LogP contribution is -2.30. The van der Waals surface area contributed by atoms with Crippen molar-refractivity contribution >= 4 is 11.6 Å². The molecule has 1 aromatic heterocycles. The number of aryl methyl sites for hydroxylation is 1. The number of nitrogens with zero attached hydrogens (tertiary/aromatic N) is 3. The molecule has 0 bridgehead atoms. The third-order valence-corrected chi connectivity index (χ3v) is 2.54. The lowest BCUT2D eigenvalue weighted by atomic mass is 10.3. The van der Waals surface area contributed by atoms with Crippen molar-refractivity contribution in [2.24, 2.45) is 0 Å². The Balaban J connectivity index is 2.79. The van der Waals surface area contributed by atoms with Crippen molar-refractivity contribution in [2.75, 3.05) is 6.54 Å². The Kier molecular flexibility index (Phi) is 4.48. The van der Waals surface area contributed by atoms with Gasteiger partial charge in [0, 0.05) is 11.7 Å². The summed E-state index contributed by atoms with van der Waals surface area (Å²) < 4.78 is 0. The molecule has 0 aromatic carbocycles. The van der Waals surface area contributed by atoms with E-state index < -0.39 is 0 Å². The van der Waals surface area contributed by atoms with Gasteiger partial charge in [0.25, 0.3) is 0 Å². The van der Waals surface area contributed by atoms with Crippen molar-refractivity contribution < 1.29 is 0 Å². The van der Waals surface area contributed by atoms with Crippen molar-refractivity contribution in [3.8, 4) is 0 Å². The van der Waals surface area contributed by atoms with Gasteiger partial charge in [0.15, 0.2) is 0 Å². The van der Waals surface area contributed by atoms with Gasteiger partial charge >= 0.3 is 0 Å². The maximum atomic E-state index is 5.89. The standard InChI is InChI=1S/C11H18ClN3/c1-5-15(8(2)3)7-11-13-9(4)6-10(12)14-11/h6,8H,5,7H2,1-4H3. The van der Waals surface area contributed by atoms with Gasteiger partial charge in [0.05, 0.1) is 6.54 Å². The number of hydrogen-bond donors (Lipinski definition) is 0. The van der Waals surface area contributed by atoms with Gasteiger partial charge in [-0.25, -0.2) is 9.97 Å². The molecule has 0 saturated heterocycles. The van der Waals surface area contributed by atoms with Crippen LogP contribution in [0.25, 0.3) is 0 Å². The molecule has 0 atom stereocenters. The van der Waals surface area contributed by atoms with E-state index in [0.29, 0.717) is 11.2 Å². The van der Waals surface area contributed by atoms with Gasteiger partial charge in [0.2, 0.25) is 0 Å². The van der Waals surface area contributed by atoms with Gasteiger partial charge in [0.1, 0.15) is 11.0 Å². The Bertz CT molecular complexity index is 305. The highest BCUT2D eigenvalue weighted by atomic mass is 35.5. The van der Waals surface area contributed by atoms with E-state index in [-0.39, 0.29) is 0 Å². The van der Waals surface area contributed by atoms with Crippen molar-refractivity contribution in [2.45, 2.75) is 40.3 Å². The van der Waals surface area contributed by atoms with Crippen LogP contribution in [0.4, 0.5) is 0 Å². The van der Waals surface area contributed by atoms with Gasteiger partial charge in [-0.1, -0.05) is 18.5 Å². The highest BCUT2D eigenvalue weighted by Gasteiger charge is 2.10. The third-order valence-electron chi connectivity index (χ3n) is 2.35. The molecule has 1 heterocycles. The maximum absolute atomic E-state index is 5.89. The summed E-state index contributed by atoms with van der Waals surface area (Å²) in [5.74, 6) is 0.801. The molecule has 1 rings (SSSR count). The number of rotatable bonds is 4. The molecule has 0 aliphatic carbocycles. The Labute approximate surface area is 96.5 Å². The number of halogens is 1. The first-order valence-corrected chi connectivity index (χ1v) is 5.64. The summed E-state index contributed by atoms with van der Waals surface area (Å²) in [5.41, 5.74) is 0.921. The molecular formula is C11H18ClN3. The SMILES string of the molecule is CCN(Cc1nc(C)cc(Cl)n1)C(C)C. The molecule has 0 saturated carbocycles. The first kappa shape index (κ1) is 12.4. The summed E-state index contributed by atoms with van der Waals surface area (Å²) in [6, 6.07) is 2.27. The van der Waals surface area contributed by atoms with E-state index in [0.717, 1.165) is 24.6 Å². The summed E-state index contributed by atoms with van der Waals surface area (Å²) in [6.07, 6.45) is 0. The molecule has 15 heavy (non-hydrogen) atoms. The van der Waals surface area contributed by atoms with Crippen LogP contribution in [0.1, 0.15) is 32.3 Å². The summed E-state index contributed by atoms with van der Waals surface area (Å²) >= 11 is 5.89. The van der Waals surface area contributed by atoms with Crippen LogP contribution in [0.2, 0.25) is 5.15 Å². The van der Waals surface area contributed by atoms with Crippen molar-refractivity contribution in [3.05, 3.63) is 22.7 Å². The lowest BCUT2D eigenvalue weighted by Gasteiger charge is -2.23. The average Bonchev–Trinajstić information content (AvgIpc) is 2.12. The van der Waals surface area contributed by atoms with E-state index in [1.165, 1.54) is 0 Å². The van der Waals surface area contributed by atoms with Gasteiger partial charge in [-0.3, -0.25) is 4.90 Å². The van der Waals surface area contributed by atoms with E-state index in [1.54, 1.807) is 6.07 Å². The van der Waals surface area contributed by atoms with Crippen molar-refractivity contribution in [1.82, 2.24) is 14.9 Å². The zero-order valence-corrected chi connectivity index (χ0v) is 10.5. The predicted octanol–water partition coefficient (Wildman–Crippen LogP) is 2.67. The molecule has 0 amide bonds. The predicted molar refractivity (Wildman–Crippen MR) is 63.0 cm³/mol. The van der Waals surface area contributed by atoms with E-state index in [2.05, 4.69) is 35.6 Å². The van der Waals surface area contributed by atoms with Gasteiger partial charge < -0.3 is 0 Å². The van der Waals surface area contributed by atoms with Gasteiger partial charge in [-0.2, -0.15) is 0 Å². The number of hydrogen-bond acceptors (Lipinski definition) is 3. The Morgan fingerprint density at radius 2 is 2.07 bits per heavy atom. The first-order valence-electron chi connectivity index (χ1n) is 5.27. The number of aromatic nitrogens is 2. The molecule has 0 aliphatic rings. The topological polar surface area (TPSA) is 29.0 Å². The van der Waals surface area contributed by atoms with Crippen LogP contribution in [0, 0.1) is 6.92 Å². The van der Waals surface area contributed by atoms with Crippen LogP contribution in [-0.2, 0) is 6.54 Å². The zero-order chi connectivity index (χ0) is 11.4. The molecule has 3 nitrogen and oxygen atoms in total. The average molecular weight is 228 g/mol.